The zero-order valence-electron chi connectivity index (χ0n) is 21.4. The van der Waals surface area contributed by atoms with Gasteiger partial charge in [0.1, 0.15) is 11.7 Å². The fourth-order valence-electron chi connectivity index (χ4n) is 9.58. The van der Waals surface area contributed by atoms with E-state index < -0.39 is 11.2 Å². The molecule has 0 amide bonds. The molecule has 7 atom stereocenters. The Morgan fingerprint density at radius 1 is 1.24 bits per heavy atom. The normalized spacial score (nSPS) is 40.8. The number of hydrogen-bond donors (Lipinski definition) is 1. The first kappa shape index (κ1) is 22.5. The minimum atomic E-state index is -0.924. The van der Waals surface area contributed by atoms with Crippen molar-refractivity contribution in [1.29, 1.82) is 5.26 Å². The van der Waals surface area contributed by atoms with Crippen LogP contribution >= 0.6 is 0 Å². The van der Waals surface area contributed by atoms with Gasteiger partial charge in [0, 0.05) is 42.0 Å². The highest BCUT2D eigenvalue weighted by Gasteiger charge is 2.82. The highest BCUT2D eigenvalue weighted by molar-refractivity contribution is 5.63. The topological polar surface area (TPSA) is 75.0 Å². The number of benzene rings is 1. The average Bonchev–Trinajstić information content (AvgIpc) is 3.19. The van der Waals surface area contributed by atoms with Crippen molar-refractivity contribution in [1.82, 2.24) is 4.90 Å². The molecule has 0 unspecified atom stereocenters. The van der Waals surface area contributed by atoms with Gasteiger partial charge in [-0.25, -0.2) is 0 Å². The summed E-state index contributed by atoms with van der Waals surface area (Å²) in [6, 6.07) is 4.31. The van der Waals surface area contributed by atoms with Crippen molar-refractivity contribution in [2.45, 2.75) is 95.0 Å². The summed E-state index contributed by atoms with van der Waals surface area (Å²) in [6.07, 6.45) is 7.37. The van der Waals surface area contributed by atoms with Gasteiger partial charge in [0.15, 0.2) is 17.7 Å². The molecule has 1 N–H and O–H groups in total. The molecule has 4 aliphatic carbocycles. The molecule has 6 aliphatic rings. The van der Waals surface area contributed by atoms with Crippen LogP contribution in [0.4, 0.5) is 0 Å². The van der Waals surface area contributed by atoms with Gasteiger partial charge in [0.25, 0.3) is 0 Å². The molecule has 34 heavy (non-hydrogen) atoms. The van der Waals surface area contributed by atoms with Crippen LogP contribution < -0.4 is 9.47 Å². The molecule has 2 aliphatic heterocycles. The minimum Gasteiger partial charge on any atom is -0.493 e. The highest BCUT2D eigenvalue weighted by Crippen LogP contribution is 2.78. The van der Waals surface area contributed by atoms with E-state index in [-0.39, 0.29) is 34.3 Å². The first-order valence-electron chi connectivity index (χ1n) is 12.9. The number of hydrogen-bond acceptors (Lipinski definition) is 6. The third-order valence-corrected chi connectivity index (χ3v) is 11.1. The lowest BCUT2D eigenvalue weighted by molar-refractivity contribution is -0.313. The van der Waals surface area contributed by atoms with Crippen LogP contribution in [0.1, 0.15) is 70.9 Å². The van der Waals surface area contributed by atoms with Crippen molar-refractivity contribution in [2.75, 3.05) is 20.8 Å². The molecule has 2 spiro atoms. The van der Waals surface area contributed by atoms with Crippen LogP contribution in [-0.2, 0) is 16.6 Å². The number of fused-ring (bicyclic) bond motifs is 2. The van der Waals surface area contributed by atoms with Crippen LogP contribution in [-0.4, -0.2) is 54.1 Å². The summed E-state index contributed by atoms with van der Waals surface area (Å²) in [5.74, 6) is 1.56. The maximum atomic E-state index is 12.4. The highest BCUT2D eigenvalue weighted by atomic mass is 16.6. The van der Waals surface area contributed by atoms with Crippen molar-refractivity contribution in [3.8, 4) is 17.7 Å². The van der Waals surface area contributed by atoms with Gasteiger partial charge in [-0.2, -0.15) is 5.26 Å². The number of piperidine rings is 1. The number of nitriles is 1. The Labute approximate surface area is 203 Å². The summed E-state index contributed by atoms with van der Waals surface area (Å²) in [5, 5.41) is 22.6. The Balaban J connectivity index is 1.66. The van der Waals surface area contributed by atoms with Gasteiger partial charge in [0.05, 0.1) is 12.7 Å². The molecule has 6 nitrogen and oxygen atoms in total. The van der Waals surface area contributed by atoms with Crippen molar-refractivity contribution in [3.05, 3.63) is 23.3 Å². The summed E-state index contributed by atoms with van der Waals surface area (Å²) in [5.41, 5.74) is 0.373. The second kappa shape index (κ2) is 6.62. The van der Waals surface area contributed by atoms with Crippen molar-refractivity contribution in [3.63, 3.8) is 0 Å². The van der Waals surface area contributed by atoms with Crippen molar-refractivity contribution < 1.29 is 19.3 Å². The van der Waals surface area contributed by atoms with Gasteiger partial charge >= 0.3 is 0 Å². The van der Waals surface area contributed by atoms with Crippen molar-refractivity contribution in [2.24, 2.45) is 16.7 Å². The monoisotopic (exact) mass is 466 g/mol. The van der Waals surface area contributed by atoms with Gasteiger partial charge in [-0.1, -0.05) is 33.8 Å². The minimum absolute atomic E-state index is 0.0927. The van der Waals surface area contributed by atoms with E-state index in [1.807, 2.05) is 18.1 Å². The van der Waals surface area contributed by atoms with E-state index in [0.717, 1.165) is 50.1 Å². The van der Waals surface area contributed by atoms with Crippen LogP contribution in [0.25, 0.3) is 0 Å². The molecule has 4 bridgehead atoms. The molecule has 1 aromatic rings. The SMILES string of the molecule is CC[C@](O)([C@H]1C[C@@]23CC[C@]1(OC)[C@@H]1Oc4c(OC)ccc5c4[C@@]12CCN(C#N)[C@@H]3C5)C(C)(C)C. The van der Waals surface area contributed by atoms with Crippen LogP contribution in [0.15, 0.2) is 12.1 Å². The molecular formula is C28H38N2O4. The summed E-state index contributed by atoms with van der Waals surface area (Å²) in [4.78, 5) is 2.04. The Hall–Kier alpha value is -1.97. The fourth-order valence-corrected chi connectivity index (χ4v) is 9.58. The lowest BCUT2D eigenvalue weighted by Crippen LogP contribution is -2.83. The van der Waals surface area contributed by atoms with E-state index in [0.29, 0.717) is 6.42 Å². The molecule has 6 heteroatoms. The summed E-state index contributed by atoms with van der Waals surface area (Å²) >= 11 is 0. The van der Waals surface area contributed by atoms with Gasteiger partial charge in [-0.15, -0.1) is 0 Å². The molecule has 3 saturated carbocycles. The van der Waals surface area contributed by atoms with E-state index >= 15 is 0 Å². The molecule has 1 saturated heterocycles. The Bertz CT molecular complexity index is 1090. The fraction of sp³-hybridized carbons (Fsp3) is 0.750. The Morgan fingerprint density at radius 3 is 2.62 bits per heavy atom. The Kier molecular flexibility index (Phi) is 4.38. The zero-order chi connectivity index (χ0) is 24.3. The number of nitrogens with zero attached hydrogens (tertiary/aromatic N) is 2. The molecule has 184 valence electrons. The van der Waals surface area contributed by atoms with E-state index in [9.17, 15) is 10.4 Å². The smallest absolute Gasteiger partial charge is 0.179 e. The quantitative estimate of drug-likeness (QED) is 0.671. The van der Waals surface area contributed by atoms with Gasteiger partial charge < -0.3 is 24.2 Å². The maximum Gasteiger partial charge on any atom is 0.179 e. The maximum absolute atomic E-state index is 12.4. The van der Waals surface area contributed by atoms with Crippen LogP contribution in [0, 0.1) is 28.2 Å². The molecule has 4 fully saturated rings. The zero-order valence-corrected chi connectivity index (χ0v) is 21.4. The lowest BCUT2D eigenvalue weighted by Gasteiger charge is -2.75. The van der Waals surface area contributed by atoms with E-state index in [1.165, 1.54) is 11.1 Å². The average molecular weight is 467 g/mol. The number of rotatable bonds is 4. The first-order valence-corrected chi connectivity index (χ1v) is 12.9. The number of methoxy groups -OCH3 is 2. The molecule has 0 aromatic heterocycles. The number of likely N-dealkylation sites (tertiary alicyclic amines) is 1. The van der Waals surface area contributed by atoms with Crippen LogP contribution in [0.2, 0.25) is 0 Å². The molecule has 0 radical (unpaired) electrons. The van der Waals surface area contributed by atoms with E-state index in [1.54, 1.807) is 7.11 Å². The molecular weight excluding hydrogens is 428 g/mol. The van der Waals surface area contributed by atoms with Crippen LogP contribution in [0.5, 0.6) is 11.5 Å². The third kappa shape index (κ3) is 2.13. The first-order chi connectivity index (χ1) is 16.1. The molecule has 2 heterocycles. The summed E-state index contributed by atoms with van der Waals surface area (Å²) < 4.78 is 19.4. The summed E-state index contributed by atoms with van der Waals surface area (Å²) in [6.45, 7) is 9.26. The Morgan fingerprint density at radius 2 is 2.00 bits per heavy atom. The van der Waals surface area contributed by atoms with Gasteiger partial charge in [0.2, 0.25) is 0 Å². The summed E-state index contributed by atoms with van der Waals surface area (Å²) in [7, 11) is 3.52. The lowest BCUT2D eigenvalue weighted by atomic mass is 9.33. The second-order valence-corrected chi connectivity index (χ2v) is 12.5. The van der Waals surface area contributed by atoms with Crippen LogP contribution in [0.3, 0.4) is 0 Å². The number of ether oxygens (including phenoxy) is 3. The van der Waals surface area contributed by atoms with Gasteiger partial charge in [-0.05, 0) is 55.6 Å². The largest absolute Gasteiger partial charge is 0.493 e. The van der Waals surface area contributed by atoms with E-state index in [4.69, 9.17) is 14.2 Å². The van der Waals surface area contributed by atoms with E-state index in [2.05, 4.69) is 40.0 Å². The van der Waals surface area contributed by atoms with Gasteiger partial charge in [-0.3, -0.25) is 0 Å². The third-order valence-electron chi connectivity index (χ3n) is 11.1. The predicted molar refractivity (Wildman–Crippen MR) is 128 cm³/mol. The second-order valence-electron chi connectivity index (χ2n) is 12.5. The molecule has 1 aromatic carbocycles. The van der Waals surface area contributed by atoms with Crippen molar-refractivity contribution >= 4 is 0 Å². The number of aliphatic hydroxyl groups is 1. The standard InChI is InChI=1S/C28H38N2O4/c1-7-28(31,24(2,3)4)19-15-25-10-11-27(19,33-6)23-26(25)12-13-30(16-29)20(25)14-17-8-9-18(32-5)22(34-23)21(17)26/h8-9,19-20,23,31H,7,10-15H2,1-6H3/t19-,20+,23+,25+,26-,27+,28-/m0/s1. The predicted octanol–water partition coefficient (Wildman–Crippen LogP) is 4.18. The molecule has 7 rings (SSSR count).